The second-order valence-electron chi connectivity index (χ2n) is 7.76. The Hall–Kier alpha value is -3.50. The monoisotopic (exact) mass is 457 g/mol. The molecule has 33 heavy (non-hydrogen) atoms. The van der Waals surface area contributed by atoms with E-state index in [0.29, 0.717) is 49.6 Å². The smallest absolute Gasteiger partial charge is 0.429 e. The van der Waals surface area contributed by atoms with E-state index in [0.717, 1.165) is 5.56 Å². The molecule has 1 heterocycles. The molecule has 1 aliphatic rings. The van der Waals surface area contributed by atoms with Crippen molar-refractivity contribution < 1.29 is 28.7 Å². The maximum absolute atomic E-state index is 12.0. The fourth-order valence-corrected chi connectivity index (χ4v) is 3.52. The number of methoxy groups -OCH3 is 1. The number of ether oxygens (including phenoxy) is 3. The Bertz CT molecular complexity index is 986. The molecule has 1 amide bonds. The molecule has 0 spiro atoms. The highest BCUT2D eigenvalue weighted by Crippen LogP contribution is 2.23. The second-order valence-corrected chi connectivity index (χ2v) is 7.76. The topological polar surface area (TPSA) is 111 Å². The van der Waals surface area contributed by atoms with Gasteiger partial charge in [0.1, 0.15) is 19.0 Å². The Morgan fingerprint density at radius 3 is 2.39 bits per heavy atom. The molecule has 1 saturated heterocycles. The first kappa shape index (κ1) is 24.1. The van der Waals surface area contributed by atoms with Crippen molar-refractivity contribution in [1.29, 1.82) is 0 Å². The van der Waals surface area contributed by atoms with Crippen LogP contribution in [0.2, 0.25) is 0 Å². The number of hydrogen-bond donors (Lipinski definition) is 0. The van der Waals surface area contributed by atoms with Crippen LogP contribution in [0.1, 0.15) is 16.7 Å². The van der Waals surface area contributed by atoms with Crippen molar-refractivity contribution in [2.75, 3.05) is 39.9 Å². The first-order valence-electron chi connectivity index (χ1n) is 10.5. The summed E-state index contributed by atoms with van der Waals surface area (Å²) in [5, 5.41) is 11.5. The quantitative estimate of drug-likeness (QED) is 0.257. The third-order valence-corrected chi connectivity index (χ3v) is 5.31. The maximum atomic E-state index is 12.0. The first-order valence-corrected chi connectivity index (χ1v) is 10.5. The number of nitrogens with zero attached hydrogens (tertiary/aromatic N) is 3. The number of aryl methyl sites for hydroxylation is 1. The Labute approximate surface area is 191 Å². The van der Waals surface area contributed by atoms with Crippen LogP contribution in [0.15, 0.2) is 42.5 Å². The van der Waals surface area contributed by atoms with Gasteiger partial charge in [0.05, 0.1) is 4.92 Å². The van der Waals surface area contributed by atoms with Gasteiger partial charge in [-0.25, -0.2) is 4.79 Å². The van der Waals surface area contributed by atoms with E-state index < -0.39 is 11.1 Å². The zero-order chi connectivity index (χ0) is 23.8. The summed E-state index contributed by atoms with van der Waals surface area (Å²) >= 11 is 0. The van der Waals surface area contributed by atoms with Crippen LogP contribution < -0.4 is 4.74 Å². The van der Waals surface area contributed by atoms with Gasteiger partial charge in [-0.15, -0.1) is 0 Å². The molecule has 0 atom stereocenters. The van der Waals surface area contributed by atoms with Gasteiger partial charge in [0, 0.05) is 51.5 Å². The molecule has 3 rings (SSSR count). The number of nitro groups is 1. The van der Waals surface area contributed by atoms with Gasteiger partial charge in [-0.05, 0) is 36.8 Å². The van der Waals surface area contributed by atoms with E-state index in [1.54, 1.807) is 29.2 Å². The van der Waals surface area contributed by atoms with Crippen molar-refractivity contribution in [3.63, 3.8) is 0 Å². The summed E-state index contributed by atoms with van der Waals surface area (Å²) in [7, 11) is 1.48. The number of piperazine rings is 1. The SMILES string of the molecule is COCC(=O)N1CCN(Cc2cc(COC(=O)Oc3ccc(C)cc3)ccc2[N+](=O)[O-])CC1. The number of benzene rings is 2. The summed E-state index contributed by atoms with van der Waals surface area (Å²) in [5.74, 6) is 0.304. The molecule has 176 valence electrons. The van der Waals surface area contributed by atoms with Gasteiger partial charge in [-0.3, -0.25) is 19.8 Å². The minimum absolute atomic E-state index is 0.00105. The van der Waals surface area contributed by atoms with E-state index in [-0.39, 0.29) is 24.8 Å². The van der Waals surface area contributed by atoms with Gasteiger partial charge >= 0.3 is 6.16 Å². The molecule has 2 aromatic rings. The minimum atomic E-state index is -0.851. The van der Waals surface area contributed by atoms with E-state index in [4.69, 9.17) is 14.2 Å². The van der Waals surface area contributed by atoms with Crippen molar-refractivity contribution in [1.82, 2.24) is 9.80 Å². The third-order valence-electron chi connectivity index (χ3n) is 5.31. The van der Waals surface area contributed by atoms with Gasteiger partial charge in [-0.1, -0.05) is 17.7 Å². The van der Waals surface area contributed by atoms with E-state index >= 15 is 0 Å². The molecule has 0 bridgehead atoms. The van der Waals surface area contributed by atoms with E-state index in [1.165, 1.54) is 13.2 Å². The average Bonchev–Trinajstić information content (AvgIpc) is 2.80. The molecule has 0 saturated carbocycles. The van der Waals surface area contributed by atoms with Crippen LogP contribution in [-0.2, 0) is 27.4 Å². The van der Waals surface area contributed by atoms with E-state index in [2.05, 4.69) is 4.90 Å². The molecule has 1 aliphatic heterocycles. The molecular weight excluding hydrogens is 430 g/mol. The average molecular weight is 457 g/mol. The molecule has 1 fully saturated rings. The molecule has 0 radical (unpaired) electrons. The molecule has 0 aliphatic carbocycles. The maximum Gasteiger partial charge on any atom is 0.514 e. The lowest BCUT2D eigenvalue weighted by Gasteiger charge is -2.34. The summed E-state index contributed by atoms with van der Waals surface area (Å²) in [6.07, 6.45) is -0.851. The molecule has 10 heteroatoms. The minimum Gasteiger partial charge on any atom is -0.429 e. The van der Waals surface area contributed by atoms with Crippen molar-refractivity contribution in [2.45, 2.75) is 20.1 Å². The standard InChI is InChI=1S/C23H27N3O7/c1-17-3-6-20(7-4-17)33-23(28)32-15-18-5-8-21(26(29)30)19(13-18)14-24-9-11-25(12-10-24)22(27)16-31-2/h3-8,13H,9-12,14-16H2,1-2H3. The fourth-order valence-electron chi connectivity index (χ4n) is 3.52. The van der Waals surface area contributed by atoms with Crippen LogP contribution in [0, 0.1) is 17.0 Å². The van der Waals surface area contributed by atoms with Gasteiger partial charge in [-0.2, -0.15) is 0 Å². The Balaban J connectivity index is 1.59. The van der Waals surface area contributed by atoms with Crippen LogP contribution in [-0.4, -0.2) is 66.7 Å². The molecule has 0 aromatic heterocycles. The zero-order valence-electron chi connectivity index (χ0n) is 18.7. The van der Waals surface area contributed by atoms with Gasteiger partial charge in [0.15, 0.2) is 0 Å². The lowest BCUT2D eigenvalue weighted by atomic mass is 10.1. The van der Waals surface area contributed by atoms with Crippen LogP contribution in [0.25, 0.3) is 0 Å². The Morgan fingerprint density at radius 1 is 1.06 bits per heavy atom. The van der Waals surface area contributed by atoms with E-state index in [1.807, 2.05) is 19.1 Å². The fraction of sp³-hybridized carbons (Fsp3) is 0.391. The van der Waals surface area contributed by atoms with Gasteiger partial charge in [0.2, 0.25) is 5.91 Å². The summed E-state index contributed by atoms with van der Waals surface area (Å²) < 4.78 is 15.2. The predicted octanol–water partition coefficient (Wildman–Crippen LogP) is 2.91. The highest BCUT2D eigenvalue weighted by Gasteiger charge is 2.23. The Morgan fingerprint density at radius 2 is 1.76 bits per heavy atom. The largest absolute Gasteiger partial charge is 0.514 e. The van der Waals surface area contributed by atoms with Crippen molar-refractivity contribution >= 4 is 17.7 Å². The number of carbonyl (C=O) groups excluding carboxylic acids is 2. The van der Waals surface area contributed by atoms with Crippen LogP contribution >= 0.6 is 0 Å². The summed E-state index contributed by atoms with van der Waals surface area (Å²) in [6.45, 7) is 4.49. The number of hydrogen-bond acceptors (Lipinski definition) is 8. The van der Waals surface area contributed by atoms with Crippen LogP contribution in [0.4, 0.5) is 10.5 Å². The molecule has 0 unspecified atom stereocenters. The third kappa shape index (κ3) is 6.99. The highest BCUT2D eigenvalue weighted by molar-refractivity contribution is 5.77. The van der Waals surface area contributed by atoms with Gasteiger partial charge in [0.25, 0.3) is 5.69 Å². The van der Waals surface area contributed by atoms with Crippen LogP contribution in [0.3, 0.4) is 0 Å². The van der Waals surface area contributed by atoms with Crippen molar-refractivity contribution in [2.24, 2.45) is 0 Å². The Kier molecular flexibility index (Phi) is 8.34. The zero-order valence-corrected chi connectivity index (χ0v) is 18.7. The first-order chi connectivity index (χ1) is 15.9. The van der Waals surface area contributed by atoms with E-state index in [9.17, 15) is 19.7 Å². The summed E-state index contributed by atoms with van der Waals surface area (Å²) in [4.78, 5) is 38.8. The van der Waals surface area contributed by atoms with Crippen molar-refractivity contribution in [3.05, 3.63) is 69.3 Å². The summed E-state index contributed by atoms with van der Waals surface area (Å²) in [6, 6.07) is 11.6. The van der Waals surface area contributed by atoms with Crippen LogP contribution in [0.5, 0.6) is 5.75 Å². The number of rotatable bonds is 8. The molecular formula is C23H27N3O7. The second kappa shape index (κ2) is 11.4. The van der Waals surface area contributed by atoms with Gasteiger partial charge < -0.3 is 19.1 Å². The molecule has 0 N–H and O–H groups in total. The lowest BCUT2D eigenvalue weighted by molar-refractivity contribution is -0.385. The molecule has 10 nitrogen and oxygen atoms in total. The number of nitro benzene ring substituents is 1. The lowest BCUT2D eigenvalue weighted by Crippen LogP contribution is -2.49. The normalized spacial score (nSPS) is 14.1. The van der Waals surface area contributed by atoms with Crippen molar-refractivity contribution in [3.8, 4) is 5.75 Å². The molecule has 2 aromatic carbocycles. The summed E-state index contributed by atoms with van der Waals surface area (Å²) in [5.41, 5.74) is 2.17. The number of carbonyl (C=O) groups is 2. The predicted molar refractivity (Wildman–Crippen MR) is 119 cm³/mol. The highest BCUT2D eigenvalue weighted by atomic mass is 16.7. The number of amides is 1.